The Morgan fingerprint density at radius 3 is 0.556 bits per heavy atom. The molecule has 0 saturated carbocycles. The second-order valence-electron chi connectivity index (χ2n) is 22.3. The van der Waals surface area contributed by atoms with Gasteiger partial charge in [-0.15, -0.1) is 0 Å². The normalized spacial score (nSPS) is 11.0. The lowest BCUT2D eigenvalue weighted by Gasteiger charge is -2.06. The van der Waals surface area contributed by atoms with Gasteiger partial charge in [0.15, 0.2) is 0 Å². The smallest absolute Gasteiger partial charge is 0.305 e. The molecule has 6 nitrogen and oxygen atoms in total. The van der Waals surface area contributed by atoms with E-state index in [0.717, 1.165) is 38.5 Å². The van der Waals surface area contributed by atoms with Crippen LogP contribution in [0, 0.1) is 0 Å². The molecular weight excluding hydrogens is 889 g/mol. The number of carboxylic acid groups (broad SMARTS) is 2. The van der Waals surface area contributed by atoms with Gasteiger partial charge in [-0.05, 0) is 25.7 Å². The fourth-order valence-electron chi connectivity index (χ4n) is 9.78. The number of hydrogen-bond donors (Lipinski definition) is 2. The van der Waals surface area contributed by atoms with Crippen LogP contribution >= 0.6 is 0 Å². The van der Waals surface area contributed by atoms with Gasteiger partial charge in [0.25, 0.3) is 0 Å². The van der Waals surface area contributed by atoms with Crippen LogP contribution in [0.2, 0.25) is 0 Å². The van der Waals surface area contributed by atoms with E-state index in [0.29, 0.717) is 25.9 Å². The molecule has 0 aliphatic rings. The van der Waals surface area contributed by atoms with Gasteiger partial charge in [0.05, 0.1) is 6.61 Å². The molecule has 0 radical (unpaired) electrons. The van der Waals surface area contributed by atoms with E-state index in [4.69, 9.17) is 14.9 Å². The number of rotatable bonds is 59. The van der Waals surface area contributed by atoms with Crippen molar-refractivity contribution in [3.8, 4) is 0 Å². The van der Waals surface area contributed by atoms with Gasteiger partial charge in [-0.25, -0.2) is 0 Å². The number of hydrogen-bond acceptors (Lipinski definition) is 4. The molecule has 0 aromatic rings. The van der Waals surface area contributed by atoms with E-state index >= 15 is 0 Å². The molecule has 432 valence electrons. The average molecular weight is 1020 g/mol. The SMILES string of the molecule is CCCCCCCCCCCCCCCCCC(=O)O.CCCCCCCCCCCCCCCCCC(=O)O.CCCCCCCCCCCCCCCCCC(=O)OCCCCCCCCCCCC. The van der Waals surface area contributed by atoms with Crippen molar-refractivity contribution in [2.45, 2.75) is 400 Å². The molecule has 0 aromatic heterocycles. The summed E-state index contributed by atoms with van der Waals surface area (Å²) in [5.41, 5.74) is 0. The number of carboxylic acids is 2. The van der Waals surface area contributed by atoms with Gasteiger partial charge in [0, 0.05) is 19.3 Å². The molecule has 0 amide bonds. The highest BCUT2D eigenvalue weighted by Crippen LogP contribution is 2.17. The largest absolute Gasteiger partial charge is 0.481 e. The van der Waals surface area contributed by atoms with Crippen molar-refractivity contribution in [1.29, 1.82) is 0 Å². The van der Waals surface area contributed by atoms with Crippen LogP contribution in [0.5, 0.6) is 0 Å². The van der Waals surface area contributed by atoms with Gasteiger partial charge in [-0.1, -0.05) is 355 Å². The maximum atomic E-state index is 11.8. The first kappa shape index (κ1) is 74.6. The lowest BCUT2D eigenvalue weighted by atomic mass is 10.0. The number of ether oxygens (including phenoxy) is 1. The first-order valence-corrected chi connectivity index (χ1v) is 32.9. The zero-order chi connectivity index (χ0) is 53.2. The Hall–Kier alpha value is -1.59. The summed E-state index contributed by atoms with van der Waals surface area (Å²) in [6.07, 6.45) is 74.6. The van der Waals surface area contributed by atoms with Crippen molar-refractivity contribution in [3.63, 3.8) is 0 Å². The van der Waals surface area contributed by atoms with Crippen molar-refractivity contribution in [2.75, 3.05) is 6.61 Å². The highest BCUT2D eigenvalue weighted by molar-refractivity contribution is 5.69. The first-order chi connectivity index (χ1) is 35.3. The van der Waals surface area contributed by atoms with Gasteiger partial charge >= 0.3 is 17.9 Å². The van der Waals surface area contributed by atoms with Gasteiger partial charge in [-0.3, -0.25) is 14.4 Å². The Bertz CT molecular complexity index is 954. The quantitative estimate of drug-likeness (QED) is 0.0465. The molecule has 0 atom stereocenters. The minimum Gasteiger partial charge on any atom is -0.481 e. The average Bonchev–Trinajstić information content (AvgIpc) is 3.37. The maximum Gasteiger partial charge on any atom is 0.305 e. The summed E-state index contributed by atoms with van der Waals surface area (Å²) < 4.78 is 5.39. The molecule has 0 aliphatic heterocycles. The fraction of sp³-hybridized carbons (Fsp3) is 0.955. The molecule has 0 heterocycles. The van der Waals surface area contributed by atoms with Crippen LogP contribution in [-0.4, -0.2) is 34.7 Å². The summed E-state index contributed by atoms with van der Waals surface area (Å²) in [5.74, 6) is -1.28. The minimum absolute atomic E-state index is 0.0237. The number of esters is 1. The highest BCUT2D eigenvalue weighted by atomic mass is 16.5. The minimum atomic E-state index is -0.653. The lowest BCUT2D eigenvalue weighted by Crippen LogP contribution is -2.05. The van der Waals surface area contributed by atoms with E-state index in [9.17, 15) is 14.4 Å². The molecule has 0 rings (SSSR count). The number of carbonyl (C=O) groups excluding carboxylic acids is 1. The molecular formula is C66H132O6. The molecule has 0 saturated heterocycles. The van der Waals surface area contributed by atoms with E-state index in [2.05, 4.69) is 27.7 Å². The summed E-state index contributed by atoms with van der Waals surface area (Å²) in [6.45, 7) is 9.73. The van der Waals surface area contributed by atoms with Crippen molar-refractivity contribution in [2.24, 2.45) is 0 Å². The molecule has 2 N–H and O–H groups in total. The number of carbonyl (C=O) groups is 3. The monoisotopic (exact) mass is 1020 g/mol. The predicted molar refractivity (Wildman–Crippen MR) is 317 cm³/mol. The standard InChI is InChI=1S/C30H60O2.2C18H36O2/c1-3-5-7-9-11-13-15-16-17-18-19-20-22-24-26-28-30(31)32-29-27-25-23-21-14-12-10-8-6-4-2;2*1-2-3-4-5-6-7-8-9-10-11-12-13-14-15-16-17-18(19)20/h3-29H2,1-2H3;2*2-17H2,1H3,(H,19,20). The second kappa shape index (κ2) is 71.5. The third-order valence-corrected chi connectivity index (χ3v) is 14.7. The summed E-state index contributed by atoms with van der Waals surface area (Å²) in [5, 5.41) is 17.0. The summed E-state index contributed by atoms with van der Waals surface area (Å²) in [6, 6.07) is 0. The van der Waals surface area contributed by atoms with Crippen molar-refractivity contribution in [1.82, 2.24) is 0 Å². The Labute approximate surface area is 452 Å². The van der Waals surface area contributed by atoms with Crippen molar-refractivity contribution >= 4 is 17.9 Å². The maximum absolute atomic E-state index is 11.8. The highest BCUT2D eigenvalue weighted by Gasteiger charge is 2.04. The van der Waals surface area contributed by atoms with E-state index in [1.54, 1.807) is 0 Å². The lowest BCUT2D eigenvalue weighted by molar-refractivity contribution is -0.144. The zero-order valence-corrected chi connectivity index (χ0v) is 49.7. The molecule has 0 bridgehead atoms. The van der Waals surface area contributed by atoms with Gasteiger partial charge in [0.1, 0.15) is 0 Å². The van der Waals surface area contributed by atoms with Crippen LogP contribution in [0.25, 0.3) is 0 Å². The molecule has 0 spiro atoms. The van der Waals surface area contributed by atoms with Crippen molar-refractivity contribution in [3.05, 3.63) is 0 Å². The van der Waals surface area contributed by atoms with Crippen LogP contribution < -0.4 is 0 Å². The second-order valence-corrected chi connectivity index (χ2v) is 22.3. The molecule has 0 unspecified atom stereocenters. The zero-order valence-electron chi connectivity index (χ0n) is 49.7. The number of aliphatic carboxylic acids is 2. The molecule has 0 aromatic carbocycles. The number of unbranched alkanes of at least 4 members (excludes halogenated alkanes) is 51. The van der Waals surface area contributed by atoms with Gasteiger partial charge in [-0.2, -0.15) is 0 Å². The van der Waals surface area contributed by atoms with E-state index in [1.165, 1.54) is 315 Å². The van der Waals surface area contributed by atoms with E-state index in [1.807, 2.05) is 0 Å². The molecule has 0 fully saturated rings. The van der Waals surface area contributed by atoms with E-state index < -0.39 is 11.9 Å². The summed E-state index contributed by atoms with van der Waals surface area (Å²) in [7, 11) is 0. The van der Waals surface area contributed by atoms with Gasteiger partial charge in [0.2, 0.25) is 0 Å². The van der Waals surface area contributed by atoms with Crippen LogP contribution in [0.1, 0.15) is 400 Å². The molecule has 72 heavy (non-hydrogen) atoms. The van der Waals surface area contributed by atoms with Gasteiger partial charge < -0.3 is 14.9 Å². The fourth-order valence-corrected chi connectivity index (χ4v) is 9.78. The summed E-state index contributed by atoms with van der Waals surface area (Å²) >= 11 is 0. The topological polar surface area (TPSA) is 101 Å². The summed E-state index contributed by atoms with van der Waals surface area (Å²) in [4.78, 5) is 32.5. The predicted octanol–water partition coefficient (Wildman–Crippen LogP) is 23.4. The molecule has 6 heteroatoms. The van der Waals surface area contributed by atoms with E-state index in [-0.39, 0.29) is 5.97 Å². The van der Waals surface area contributed by atoms with Crippen LogP contribution in [-0.2, 0) is 19.1 Å². The van der Waals surface area contributed by atoms with Crippen molar-refractivity contribution < 1.29 is 29.3 Å². The Morgan fingerprint density at radius 2 is 0.375 bits per heavy atom. The Balaban J connectivity index is -0.00000104. The third-order valence-electron chi connectivity index (χ3n) is 14.7. The third kappa shape index (κ3) is 79.8. The molecule has 0 aliphatic carbocycles. The van der Waals surface area contributed by atoms with Crippen LogP contribution in [0.15, 0.2) is 0 Å². The Kier molecular flexibility index (Phi) is 74.1. The van der Waals surface area contributed by atoms with Crippen LogP contribution in [0.3, 0.4) is 0 Å². The Morgan fingerprint density at radius 1 is 0.222 bits per heavy atom. The van der Waals surface area contributed by atoms with Crippen LogP contribution in [0.4, 0.5) is 0 Å². The first-order valence-electron chi connectivity index (χ1n) is 32.9.